The molecule has 0 fully saturated rings. The lowest BCUT2D eigenvalue weighted by Gasteiger charge is -2.21. The topological polar surface area (TPSA) is 117 Å². The number of aromatic carboxylic acids is 1. The minimum atomic E-state index is -1.18. The van der Waals surface area contributed by atoms with Gasteiger partial charge in [0.05, 0.1) is 36.1 Å². The Morgan fingerprint density at radius 1 is 1.10 bits per heavy atom. The SMILES string of the molecule is COc1cccc(OC)c1-c1cc(C(=O)O)nn1-c1ccc([N+](=O)[O-])c2c1CCCC2. The third-order valence-corrected chi connectivity index (χ3v) is 5.52. The zero-order valence-corrected chi connectivity index (χ0v) is 17.1. The summed E-state index contributed by atoms with van der Waals surface area (Å²) in [7, 11) is 3.04. The van der Waals surface area contributed by atoms with Gasteiger partial charge in [0, 0.05) is 11.6 Å². The summed E-state index contributed by atoms with van der Waals surface area (Å²) in [4.78, 5) is 22.9. The van der Waals surface area contributed by atoms with E-state index >= 15 is 0 Å². The molecule has 0 amide bonds. The van der Waals surface area contributed by atoms with Gasteiger partial charge in [0.2, 0.25) is 0 Å². The normalized spacial score (nSPS) is 12.8. The van der Waals surface area contributed by atoms with E-state index in [1.54, 1.807) is 24.3 Å². The van der Waals surface area contributed by atoms with Crippen molar-refractivity contribution in [2.45, 2.75) is 25.7 Å². The highest BCUT2D eigenvalue weighted by atomic mass is 16.6. The van der Waals surface area contributed by atoms with Crippen molar-refractivity contribution in [2.75, 3.05) is 14.2 Å². The van der Waals surface area contributed by atoms with Gasteiger partial charge in [-0.2, -0.15) is 5.10 Å². The second kappa shape index (κ2) is 8.10. The molecule has 0 aliphatic heterocycles. The number of nitrogens with zero attached hydrogens (tertiary/aromatic N) is 3. The van der Waals surface area contributed by atoms with E-state index in [-0.39, 0.29) is 16.3 Å². The molecule has 0 unspecified atom stereocenters. The maximum Gasteiger partial charge on any atom is 0.356 e. The molecule has 31 heavy (non-hydrogen) atoms. The zero-order chi connectivity index (χ0) is 22.1. The highest BCUT2D eigenvalue weighted by Gasteiger charge is 2.27. The highest BCUT2D eigenvalue weighted by molar-refractivity contribution is 5.88. The number of methoxy groups -OCH3 is 2. The van der Waals surface area contributed by atoms with Gasteiger partial charge >= 0.3 is 5.97 Å². The molecule has 4 rings (SSSR count). The smallest absolute Gasteiger partial charge is 0.356 e. The van der Waals surface area contributed by atoms with Crippen LogP contribution in [0.2, 0.25) is 0 Å². The van der Waals surface area contributed by atoms with Crippen LogP contribution in [0.3, 0.4) is 0 Å². The molecule has 3 aromatic rings. The Hall–Kier alpha value is -3.88. The van der Waals surface area contributed by atoms with Crippen molar-refractivity contribution in [1.29, 1.82) is 0 Å². The van der Waals surface area contributed by atoms with E-state index in [0.717, 1.165) is 18.4 Å². The molecule has 1 aliphatic carbocycles. The molecule has 2 aromatic carbocycles. The summed E-state index contributed by atoms with van der Waals surface area (Å²) in [5, 5.41) is 25.5. The molecule has 0 spiro atoms. The predicted octanol–water partition coefficient (Wildman–Crippen LogP) is 4.04. The van der Waals surface area contributed by atoms with Crippen LogP contribution in [0.1, 0.15) is 34.5 Å². The molecule has 160 valence electrons. The van der Waals surface area contributed by atoms with Crippen LogP contribution in [0.25, 0.3) is 16.9 Å². The number of carboxylic acid groups (broad SMARTS) is 1. The van der Waals surface area contributed by atoms with Crippen molar-refractivity contribution in [3.05, 3.63) is 63.3 Å². The molecule has 0 radical (unpaired) electrons. The molecular formula is C22H21N3O6. The number of benzene rings is 2. The number of carbonyl (C=O) groups is 1. The molecular weight excluding hydrogens is 402 g/mol. The van der Waals surface area contributed by atoms with Gasteiger partial charge in [0.15, 0.2) is 5.69 Å². The lowest BCUT2D eigenvalue weighted by atomic mass is 9.89. The van der Waals surface area contributed by atoms with Crippen LogP contribution < -0.4 is 9.47 Å². The summed E-state index contributed by atoms with van der Waals surface area (Å²) >= 11 is 0. The summed E-state index contributed by atoms with van der Waals surface area (Å²) in [6, 6.07) is 9.83. The molecule has 9 nitrogen and oxygen atoms in total. The average molecular weight is 423 g/mol. The maximum absolute atomic E-state index is 11.7. The molecule has 1 N–H and O–H groups in total. The fourth-order valence-corrected chi connectivity index (χ4v) is 4.15. The van der Waals surface area contributed by atoms with Crippen molar-refractivity contribution in [2.24, 2.45) is 0 Å². The van der Waals surface area contributed by atoms with Gasteiger partial charge in [-0.3, -0.25) is 10.1 Å². The van der Waals surface area contributed by atoms with E-state index in [1.807, 2.05) is 0 Å². The Morgan fingerprint density at radius 3 is 2.32 bits per heavy atom. The van der Waals surface area contributed by atoms with Crippen molar-refractivity contribution >= 4 is 11.7 Å². The van der Waals surface area contributed by atoms with Crippen LogP contribution in [0, 0.1) is 10.1 Å². The molecule has 0 atom stereocenters. The van der Waals surface area contributed by atoms with E-state index in [0.29, 0.717) is 46.8 Å². The molecule has 1 heterocycles. The molecule has 1 aliphatic rings. The van der Waals surface area contributed by atoms with Crippen LogP contribution >= 0.6 is 0 Å². The van der Waals surface area contributed by atoms with E-state index in [2.05, 4.69) is 5.10 Å². The number of aromatic nitrogens is 2. The van der Waals surface area contributed by atoms with Gasteiger partial charge in [0.1, 0.15) is 11.5 Å². The molecule has 0 saturated carbocycles. The quantitative estimate of drug-likeness (QED) is 0.470. The van der Waals surface area contributed by atoms with E-state index in [1.165, 1.54) is 31.0 Å². The van der Waals surface area contributed by atoms with E-state index < -0.39 is 5.97 Å². The summed E-state index contributed by atoms with van der Waals surface area (Å²) in [6.07, 6.45) is 3.00. The van der Waals surface area contributed by atoms with Crippen LogP contribution in [0.4, 0.5) is 5.69 Å². The first kappa shape index (κ1) is 20.4. The third kappa shape index (κ3) is 3.48. The fourth-order valence-electron chi connectivity index (χ4n) is 4.15. The number of hydrogen-bond acceptors (Lipinski definition) is 6. The Bertz CT molecular complexity index is 1160. The minimum Gasteiger partial charge on any atom is -0.496 e. The van der Waals surface area contributed by atoms with E-state index in [9.17, 15) is 20.0 Å². The second-order valence-corrected chi connectivity index (χ2v) is 7.19. The van der Waals surface area contributed by atoms with Crippen LogP contribution in [0.5, 0.6) is 11.5 Å². The van der Waals surface area contributed by atoms with Gasteiger partial charge < -0.3 is 14.6 Å². The Kier molecular flexibility index (Phi) is 5.33. The van der Waals surface area contributed by atoms with Crippen LogP contribution in [-0.2, 0) is 12.8 Å². The molecule has 9 heteroatoms. The summed E-state index contributed by atoms with van der Waals surface area (Å²) in [5.41, 5.74) is 3.07. The monoisotopic (exact) mass is 423 g/mol. The standard InChI is InChI=1S/C22H21N3O6/c1-30-19-8-5-9-20(31-2)21(19)18-12-15(22(26)27)23-24(18)16-10-11-17(25(28)29)14-7-4-3-6-13(14)16/h5,8-12H,3-4,6-7H2,1-2H3,(H,26,27). The highest BCUT2D eigenvalue weighted by Crippen LogP contribution is 2.41. The number of hydrogen-bond donors (Lipinski definition) is 1. The second-order valence-electron chi connectivity index (χ2n) is 7.19. The van der Waals surface area contributed by atoms with E-state index in [4.69, 9.17) is 9.47 Å². The zero-order valence-electron chi connectivity index (χ0n) is 17.1. The average Bonchev–Trinajstić information content (AvgIpc) is 3.22. The Balaban J connectivity index is 2.03. The van der Waals surface area contributed by atoms with Crippen LogP contribution in [-0.4, -0.2) is 40.0 Å². The number of nitro benzene ring substituents is 1. The van der Waals surface area contributed by atoms with Crippen molar-refractivity contribution in [3.8, 4) is 28.4 Å². The first-order valence-corrected chi connectivity index (χ1v) is 9.80. The largest absolute Gasteiger partial charge is 0.496 e. The summed E-state index contributed by atoms with van der Waals surface area (Å²) < 4.78 is 12.5. The third-order valence-electron chi connectivity index (χ3n) is 5.52. The molecule has 0 bridgehead atoms. The fraction of sp³-hybridized carbons (Fsp3) is 0.273. The number of nitro groups is 1. The number of fused-ring (bicyclic) bond motifs is 1. The van der Waals surface area contributed by atoms with Gasteiger partial charge in [-0.25, -0.2) is 9.48 Å². The van der Waals surface area contributed by atoms with Gasteiger partial charge in [0.25, 0.3) is 5.69 Å². The first-order valence-electron chi connectivity index (χ1n) is 9.80. The predicted molar refractivity (Wildman–Crippen MR) is 112 cm³/mol. The maximum atomic E-state index is 11.7. The molecule has 1 aromatic heterocycles. The summed E-state index contributed by atoms with van der Waals surface area (Å²) in [5.74, 6) is -0.189. The lowest BCUT2D eigenvalue weighted by molar-refractivity contribution is -0.385. The number of ether oxygens (including phenoxy) is 2. The van der Waals surface area contributed by atoms with Crippen molar-refractivity contribution < 1.29 is 24.3 Å². The number of rotatable bonds is 6. The Labute approximate surface area is 178 Å². The van der Waals surface area contributed by atoms with Crippen molar-refractivity contribution in [1.82, 2.24) is 9.78 Å². The first-order chi connectivity index (χ1) is 15.0. The number of carboxylic acids is 1. The minimum absolute atomic E-state index is 0.0838. The van der Waals surface area contributed by atoms with Crippen molar-refractivity contribution in [3.63, 3.8) is 0 Å². The Morgan fingerprint density at radius 2 is 1.74 bits per heavy atom. The van der Waals surface area contributed by atoms with Gasteiger partial charge in [-0.1, -0.05) is 6.07 Å². The van der Waals surface area contributed by atoms with Crippen LogP contribution in [0.15, 0.2) is 36.4 Å². The van der Waals surface area contributed by atoms with Gasteiger partial charge in [-0.15, -0.1) is 0 Å². The van der Waals surface area contributed by atoms with Gasteiger partial charge in [-0.05, 0) is 55.5 Å². The summed E-state index contributed by atoms with van der Waals surface area (Å²) in [6.45, 7) is 0. The lowest BCUT2D eigenvalue weighted by Crippen LogP contribution is -2.13. The molecule has 0 saturated heterocycles.